The summed E-state index contributed by atoms with van der Waals surface area (Å²) in [5, 5.41) is 20.0. The summed E-state index contributed by atoms with van der Waals surface area (Å²) in [5.41, 5.74) is 1.23. The molecule has 1 aliphatic heterocycles. The summed E-state index contributed by atoms with van der Waals surface area (Å²) >= 11 is 0. The van der Waals surface area contributed by atoms with E-state index < -0.39 is 23.5 Å². The van der Waals surface area contributed by atoms with Gasteiger partial charge in [0.15, 0.2) is 0 Å². The molecule has 134 valence electrons. The molecule has 3 rings (SSSR count). The second kappa shape index (κ2) is 7.09. The second-order valence-corrected chi connectivity index (χ2v) is 6.10. The number of amides is 1. The Hall–Kier alpha value is -2.99. The van der Waals surface area contributed by atoms with Crippen LogP contribution < -0.4 is 0 Å². The number of rotatable bonds is 4. The van der Waals surface area contributed by atoms with Gasteiger partial charge in [0, 0.05) is 17.7 Å². The van der Waals surface area contributed by atoms with E-state index in [1.54, 1.807) is 30.3 Å². The zero-order valence-corrected chi connectivity index (χ0v) is 14.1. The highest BCUT2D eigenvalue weighted by atomic mass is 19.1. The van der Waals surface area contributed by atoms with Gasteiger partial charge in [0.1, 0.15) is 11.6 Å². The highest BCUT2D eigenvalue weighted by Crippen LogP contribution is 2.39. The molecule has 1 heterocycles. The van der Waals surface area contributed by atoms with Gasteiger partial charge in [0.25, 0.3) is 11.7 Å². The maximum Gasteiger partial charge on any atom is 0.295 e. The fourth-order valence-electron chi connectivity index (χ4n) is 3.11. The third-order valence-electron chi connectivity index (χ3n) is 4.41. The highest BCUT2D eigenvalue weighted by Gasteiger charge is 2.46. The van der Waals surface area contributed by atoms with Crippen LogP contribution in [0.5, 0.6) is 0 Å². The molecular formula is C20H18FNO4. The largest absolute Gasteiger partial charge is 0.507 e. The number of aryl methyl sites for hydroxylation is 1. The van der Waals surface area contributed by atoms with Gasteiger partial charge in [-0.3, -0.25) is 9.59 Å². The summed E-state index contributed by atoms with van der Waals surface area (Å²) in [7, 11) is 0. The van der Waals surface area contributed by atoms with Gasteiger partial charge in [-0.15, -0.1) is 0 Å². The van der Waals surface area contributed by atoms with Crippen molar-refractivity contribution in [3.05, 3.63) is 76.6 Å². The van der Waals surface area contributed by atoms with Crippen LogP contribution in [0, 0.1) is 12.7 Å². The Morgan fingerprint density at radius 1 is 1.12 bits per heavy atom. The maximum atomic E-state index is 14.4. The van der Waals surface area contributed by atoms with Crippen molar-refractivity contribution < 1.29 is 24.2 Å². The Morgan fingerprint density at radius 3 is 2.38 bits per heavy atom. The molecule has 0 bridgehead atoms. The standard InChI is InChI=1S/C20H18FNO4/c1-12-6-8-13(9-7-12)18(24)16-17(14-4-2-3-5-15(14)21)22(10-11-23)20(26)19(16)25/h2-9,17,23-24H,10-11H2,1H3/t17-/m0/s1. The van der Waals surface area contributed by atoms with Gasteiger partial charge in [0.05, 0.1) is 18.2 Å². The lowest BCUT2D eigenvalue weighted by molar-refractivity contribution is -0.140. The minimum atomic E-state index is -1.09. The van der Waals surface area contributed by atoms with Crippen LogP contribution >= 0.6 is 0 Å². The first-order valence-corrected chi connectivity index (χ1v) is 8.16. The van der Waals surface area contributed by atoms with E-state index in [2.05, 4.69) is 0 Å². The number of carbonyl (C=O) groups is 2. The van der Waals surface area contributed by atoms with E-state index in [9.17, 15) is 24.2 Å². The molecule has 6 heteroatoms. The van der Waals surface area contributed by atoms with Gasteiger partial charge in [0.2, 0.25) is 0 Å². The zero-order valence-electron chi connectivity index (χ0n) is 14.1. The predicted octanol–water partition coefficient (Wildman–Crippen LogP) is 2.55. The molecule has 0 saturated carbocycles. The predicted molar refractivity (Wildman–Crippen MR) is 93.7 cm³/mol. The Bertz CT molecular complexity index is 889. The van der Waals surface area contributed by atoms with Crippen molar-refractivity contribution in [2.75, 3.05) is 13.2 Å². The number of aliphatic hydroxyl groups is 2. The van der Waals surface area contributed by atoms with E-state index in [-0.39, 0.29) is 30.0 Å². The van der Waals surface area contributed by atoms with Crippen molar-refractivity contribution in [3.8, 4) is 0 Å². The molecule has 2 aromatic rings. The van der Waals surface area contributed by atoms with Crippen LogP contribution in [0.2, 0.25) is 0 Å². The molecule has 1 saturated heterocycles. The molecule has 0 aromatic heterocycles. The number of β-amino-alcohol motifs (C(OH)–C–C–N with tert-alkyl or cyclic N) is 1. The van der Waals surface area contributed by atoms with Crippen molar-refractivity contribution in [1.82, 2.24) is 4.90 Å². The van der Waals surface area contributed by atoms with E-state index >= 15 is 0 Å². The van der Waals surface area contributed by atoms with Crippen molar-refractivity contribution >= 4 is 17.4 Å². The number of ketones is 1. The fraction of sp³-hybridized carbons (Fsp3) is 0.200. The number of hydrogen-bond donors (Lipinski definition) is 2. The van der Waals surface area contributed by atoms with Crippen LogP contribution in [0.1, 0.15) is 22.7 Å². The molecule has 0 aliphatic carbocycles. The SMILES string of the molecule is Cc1ccc(C(O)=C2C(=O)C(=O)N(CCO)[C@H]2c2ccccc2F)cc1. The molecule has 26 heavy (non-hydrogen) atoms. The summed E-state index contributed by atoms with van der Waals surface area (Å²) in [6.07, 6.45) is 0. The Kier molecular flexibility index (Phi) is 4.86. The average molecular weight is 355 g/mol. The first-order chi connectivity index (χ1) is 12.5. The second-order valence-electron chi connectivity index (χ2n) is 6.10. The third-order valence-corrected chi connectivity index (χ3v) is 4.41. The van der Waals surface area contributed by atoms with Gasteiger partial charge < -0.3 is 15.1 Å². The van der Waals surface area contributed by atoms with E-state index in [0.717, 1.165) is 10.5 Å². The molecular weight excluding hydrogens is 337 g/mol. The molecule has 0 radical (unpaired) electrons. The minimum absolute atomic E-state index is 0.0915. The van der Waals surface area contributed by atoms with Crippen molar-refractivity contribution in [1.29, 1.82) is 0 Å². The van der Waals surface area contributed by atoms with Crippen LogP contribution in [0.15, 0.2) is 54.1 Å². The van der Waals surface area contributed by atoms with E-state index in [0.29, 0.717) is 5.56 Å². The van der Waals surface area contributed by atoms with Crippen molar-refractivity contribution in [2.45, 2.75) is 13.0 Å². The summed E-state index contributed by atoms with van der Waals surface area (Å²) in [5.74, 6) is -2.74. The molecule has 1 aliphatic rings. The molecule has 2 N–H and O–H groups in total. The number of hydrogen-bond acceptors (Lipinski definition) is 4. The number of benzene rings is 2. The summed E-state index contributed by atoms with van der Waals surface area (Å²) in [6, 6.07) is 11.4. The monoisotopic (exact) mass is 355 g/mol. The number of aliphatic hydroxyl groups excluding tert-OH is 2. The summed E-state index contributed by atoms with van der Waals surface area (Å²) < 4.78 is 14.4. The molecule has 2 aromatic carbocycles. The van der Waals surface area contributed by atoms with Gasteiger partial charge in [-0.25, -0.2) is 4.39 Å². The Balaban J connectivity index is 2.21. The Morgan fingerprint density at radius 2 is 1.77 bits per heavy atom. The lowest BCUT2D eigenvalue weighted by atomic mass is 9.94. The molecule has 1 amide bonds. The van der Waals surface area contributed by atoms with Gasteiger partial charge in [-0.2, -0.15) is 0 Å². The van der Waals surface area contributed by atoms with Crippen LogP contribution in [0.4, 0.5) is 4.39 Å². The zero-order chi connectivity index (χ0) is 18.8. The Labute approximate surface area is 150 Å². The number of halogens is 1. The molecule has 1 fully saturated rings. The van der Waals surface area contributed by atoms with E-state index in [1.165, 1.54) is 18.2 Å². The van der Waals surface area contributed by atoms with Crippen LogP contribution in [0.25, 0.3) is 5.76 Å². The van der Waals surface area contributed by atoms with Crippen LogP contribution in [0.3, 0.4) is 0 Å². The third kappa shape index (κ3) is 2.99. The fourth-order valence-corrected chi connectivity index (χ4v) is 3.11. The highest BCUT2D eigenvalue weighted by molar-refractivity contribution is 6.46. The van der Waals surface area contributed by atoms with Gasteiger partial charge in [-0.1, -0.05) is 48.0 Å². The average Bonchev–Trinajstić information content (AvgIpc) is 2.87. The lowest BCUT2D eigenvalue weighted by Gasteiger charge is -2.24. The van der Waals surface area contributed by atoms with Crippen molar-refractivity contribution in [3.63, 3.8) is 0 Å². The number of nitrogens with zero attached hydrogens (tertiary/aromatic N) is 1. The summed E-state index contributed by atoms with van der Waals surface area (Å²) in [6.45, 7) is 1.35. The van der Waals surface area contributed by atoms with E-state index in [4.69, 9.17) is 0 Å². The topological polar surface area (TPSA) is 77.8 Å². The summed E-state index contributed by atoms with van der Waals surface area (Å²) in [4.78, 5) is 26.0. The van der Waals surface area contributed by atoms with Crippen LogP contribution in [-0.4, -0.2) is 40.0 Å². The number of Topliss-reactive ketones (excluding diaryl/α,β-unsaturated/α-hetero) is 1. The quantitative estimate of drug-likeness (QED) is 0.502. The minimum Gasteiger partial charge on any atom is -0.507 e. The normalized spacial score (nSPS) is 19.2. The molecule has 0 unspecified atom stereocenters. The van der Waals surface area contributed by atoms with Gasteiger partial charge >= 0.3 is 0 Å². The first kappa shape index (κ1) is 17.8. The number of likely N-dealkylation sites (tertiary alicyclic amines) is 1. The van der Waals surface area contributed by atoms with Gasteiger partial charge in [-0.05, 0) is 13.0 Å². The lowest BCUT2D eigenvalue weighted by Crippen LogP contribution is -2.32. The van der Waals surface area contributed by atoms with Crippen molar-refractivity contribution in [2.24, 2.45) is 0 Å². The van der Waals surface area contributed by atoms with E-state index in [1.807, 2.05) is 6.92 Å². The molecule has 0 spiro atoms. The molecule has 1 atom stereocenters. The first-order valence-electron chi connectivity index (χ1n) is 8.16. The smallest absolute Gasteiger partial charge is 0.295 e. The maximum absolute atomic E-state index is 14.4. The molecule has 5 nitrogen and oxygen atoms in total. The van der Waals surface area contributed by atoms with Crippen LogP contribution in [-0.2, 0) is 9.59 Å². The number of carbonyl (C=O) groups excluding carboxylic acids is 2.